The zero-order chi connectivity index (χ0) is 38.8. The summed E-state index contributed by atoms with van der Waals surface area (Å²) >= 11 is 0. The fourth-order valence-corrected chi connectivity index (χ4v) is 5.18. The molecule has 0 bridgehead atoms. The van der Waals surface area contributed by atoms with Gasteiger partial charge in [-0.1, -0.05) is 48.2 Å². The SMILES string of the molecule is COC(=O)N(C)Cc1ccc(-c2cc3c(C(=O)O)cc(F)cc3[nH]2)cc1.COC(=O)c1cc(F)cc(N)c1C#Cc1ccc(CN(C)C(=O)OC)cc1. The van der Waals surface area contributed by atoms with Crippen molar-refractivity contribution in [3.8, 4) is 23.1 Å². The first-order valence-corrected chi connectivity index (χ1v) is 15.8. The number of carbonyl (C=O) groups is 4. The molecule has 12 nitrogen and oxygen atoms in total. The third-order valence-corrected chi connectivity index (χ3v) is 7.83. The molecule has 5 aromatic rings. The molecule has 0 aliphatic carbocycles. The summed E-state index contributed by atoms with van der Waals surface area (Å²) < 4.78 is 41.1. The van der Waals surface area contributed by atoms with E-state index >= 15 is 0 Å². The minimum absolute atomic E-state index is 0.0289. The van der Waals surface area contributed by atoms with Crippen molar-refractivity contribution < 1.29 is 47.3 Å². The molecule has 1 aromatic heterocycles. The summed E-state index contributed by atoms with van der Waals surface area (Å²) in [6.45, 7) is 0.784. The van der Waals surface area contributed by atoms with Crippen molar-refractivity contribution in [2.75, 3.05) is 41.2 Å². The highest BCUT2D eigenvalue weighted by molar-refractivity contribution is 6.04. The van der Waals surface area contributed by atoms with Crippen LogP contribution in [-0.4, -0.2) is 79.4 Å². The Morgan fingerprint density at radius 2 is 1.26 bits per heavy atom. The molecule has 1 heterocycles. The predicted molar refractivity (Wildman–Crippen MR) is 193 cm³/mol. The predicted octanol–water partition coefficient (Wildman–Crippen LogP) is 6.66. The number of ether oxygens (including phenoxy) is 3. The van der Waals surface area contributed by atoms with Crippen LogP contribution in [0.3, 0.4) is 0 Å². The zero-order valence-electron chi connectivity index (χ0n) is 29.5. The topological polar surface area (TPSA) is 164 Å². The number of carbonyl (C=O) groups excluding carboxylic acids is 3. The van der Waals surface area contributed by atoms with Crippen LogP contribution in [0.4, 0.5) is 24.1 Å². The number of aromatic nitrogens is 1. The highest BCUT2D eigenvalue weighted by Gasteiger charge is 2.16. The van der Waals surface area contributed by atoms with Gasteiger partial charge in [-0.3, -0.25) is 0 Å². The molecule has 0 spiro atoms. The van der Waals surface area contributed by atoms with Crippen LogP contribution in [0, 0.1) is 23.5 Å². The van der Waals surface area contributed by atoms with Crippen LogP contribution in [0.5, 0.6) is 0 Å². The number of hydrogen-bond acceptors (Lipinski definition) is 8. The highest BCUT2D eigenvalue weighted by atomic mass is 19.1. The summed E-state index contributed by atoms with van der Waals surface area (Å²) in [5.74, 6) is 2.55. The van der Waals surface area contributed by atoms with Crippen LogP contribution < -0.4 is 5.73 Å². The number of nitrogens with two attached hydrogens (primary N) is 1. The largest absolute Gasteiger partial charge is 0.478 e. The van der Waals surface area contributed by atoms with Crippen molar-refractivity contribution in [2.24, 2.45) is 0 Å². The van der Waals surface area contributed by atoms with E-state index in [4.69, 9.17) is 5.73 Å². The number of benzene rings is 4. The van der Waals surface area contributed by atoms with E-state index in [1.165, 1.54) is 37.2 Å². The third-order valence-electron chi connectivity index (χ3n) is 7.83. The number of esters is 1. The zero-order valence-corrected chi connectivity index (χ0v) is 29.5. The maximum Gasteiger partial charge on any atom is 0.409 e. The van der Waals surface area contributed by atoms with E-state index in [1.54, 1.807) is 32.3 Å². The molecule has 5 rings (SSSR count). The van der Waals surface area contributed by atoms with Gasteiger partial charge in [0.05, 0.1) is 43.7 Å². The van der Waals surface area contributed by atoms with E-state index in [9.17, 15) is 33.1 Å². The molecule has 0 unspecified atom stereocenters. The average molecular weight is 727 g/mol. The van der Waals surface area contributed by atoms with Gasteiger partial charge in [0.1, 0.15) is 11.6 Å². The first-order valence-electron chi connectivity index (χ1n) is 15.8. The Morgan fingerprint density at radius 1 is 0.736 bits per heavy atom. The van der Waals surface area contributed by atoms with Gasteiger partial charge in [0.2, 0.25) is 0 Å². The number of carboxylic acid groups (broad SMARTS) is 1. The molecule has 14 heteroatoms. The molecule has 4 N–H and O–H groups in total. The number of amides is 2. The Kier molecular flexibility index (Phi) is 12.7. The molecule has 0 atom stereocenters. The minimum Gasteiger partial charge on any atom is -0.478 e. The highest BCUT2D eigenvalue weighted by Crippen LogP contribution is 2.28. The molecule has 274 valence electrons. The van der Waals surface area contributed by atoms with E-state index < -0.39 is 35.8 Å². The normalized spacial score (nSPS) is 10.2. The van der Waals surface area contributed by atoms with Crippen molar-refractivity contribution in [2.45, 2.75) is 13.1 Å². The number of anilines is 1. The number of aromatic carboxylic acids is 1. The van der Waals surface area contributed by atoms with Crippen LogP contribution in [0.15, 0.2) is 78.9 Å². The average Bonchev–Trinajstić information content (AvgIpc) is 3.57. The molecule has 0 radical (unpaired) electrons. The number of halogens is 2. The quantitative estimate of drug-likeness (QED) is 0.0720. The van der Waals surface area contributed by atoms with Crippen molar-refractivity contribution in [3.63, 3.8) is 0 Å². The van der Waals surface area contributed by atoms with E-state index in [-0.39, 0.29) is 22.4 Å². The lowest BCUT2D eigenvalue weighted by molar-refractivity contribution is 0.0599. The lowest BCUT2D eigenvalue weighted by atomic mass is 10.0. The van der Waals surface area contributed by atoms with Gasteiger partial charge in [-0.05, 0) is 59.2 Å². The number of carboxylic acids is 1. The summed E-state index contributed by atoms with van der Waals surface area (Å²) in [5, 5.41) is 9.70. The first kappa shape index (κ1) is 38.9. The van der Waals surface area contributed by atoms with Gasteiger partial charge in [-0.2, -0.15) is 0 Å². The minimum atomic E-state index is -1.18. The summed E-state index contributed by atoms with van der Waals surface area (Å²) in [5.41, 5.74) is 10.3. The molecule has 4 aromatic carbocycles. The number of nitrogens with one attached hydrogen (secondary N) is 1. The van der Waals surface area contributed by atoms with Crippen LogP contribution in [-0.2, 0) is 27.3 Å². The molecular formula is C39H36F2N4O8. The van der Waals surface area contributed by atoms with Gasteiger partial charge in [0.15, 0.2) is 0 Å². The number of nitrogens with zero attached hydrogens (tertiary/aromatic N) is 2. The fourth-order valence-electron chi connectivity index (χ4n) is 5.18. The monoisotopic (exact) mass is 726 g/mol. The summed E-state index contributed by atoms with van der Waals surface area (Å²) in [6.07, 6.45) is -0.853. The molecule has 0 aliphatic heterocycles. The van der Waals surface area contributed by atoms with E-state index in [2.05, 4.69) is 31.0 Å². The Hall–Kier alpha value is -6.88. The maximum absolute atomic E-state index is 13.6. The van der Waals surface area contributed by atoms with Gasteiger partial charge in [-0.25, -0.2) is 28.0 Å². The van der Waals surface area contributed by atoms with Gasteiger partial charge in [-0.15, -0.1) is 0 Å². The van der Waals surface area contributed by atoms with Crippen LogP contribution >= 0.6 is 0 Å². The van der Waals surface area contributed by atoms with E-state index in [0.29, 0.717) is 35.2 Å². The fraction of sp³-hybridized carbons (Fsp3) is 0.179. The van der Waals surface area contributed by atoms with Crippen LogP contribution in [0.1, 0.15) is 43.0 Å². The molecule has 0 aliphatic rings. The maximum atomic E-state index is 13.6. The van der Waals surface area contributed by atoms with Gasteiger partial charge < -0.3 is 39.8 Å². The summed E-state index contributed by atoms with van der Waals surface area (Å²) in [6, 6.07) is 20.7. The second-order valence-corrected chi connectivity index (χ2v) is 11.6. The van der Waals surface area contributed by atoms with E-state index in [1.807, 2.05) is 36.4 Å². The molecular weight excluding hydrogens is 690 g/mol. The molecule has 0 saturated heterocycles. The van der Waals surface area contributed by atoms with Crippen LogP contribution in [0.25, 0.3) is 22.2 Å². The van der Waals surface area contributed by atoms with Crippen molar-refractivity contribution in [1.82, 2.24) is 14.8 Å². The summed E-state index contributed by atoms with van der Waals surface area (Å²) in [7, 11) is 7.11. The number of fused-ring (bicyclic) bond motifs is 1. The molecule has 0 fully saturated rings. The Morgan fingerprint density at radius 3 is 1.79 bits per heavy atom. The standard InChI is InChI=1S/C20H19FN2O4.C19H17FN2O4/c1-23(20(25)27-3)12-14-6-4-13(5-7-14)8-9-16-17(19(24)26-2)10-15(21)11-18(16)22;1-22(19(25)26-2)10-11-3-5-12(6-4-11)16-9-14-15(18(23)24)7-13(20)8-17(14)21-16/h4-7,10-11H,12,22H2,1-3H3;3-9,21H,10H2,1-2H3,(H,23,24). The Balaban J connectivity index is 0.000000237. The Bertz CT molecular complexity index is 2210. The van der Waals surface area contributed by atoms with E-state index in [0.717, 1.165) is 34.9 Å². The number of aromatic amines is 1. The van der Waals surface area contributed by atoms with Crippen molar-refractivity contribution in [1.29, 1.82) is 0 Å². The number of hydrogen-bond donors (Lipinski definition) is 3. The van der Waals surface area contributed by atoms with Crippen LogP contribution in [0.2, 0.25) is 0 Å². The number of rotatable bonds is 7. The Labute approximate surface area is 303 Å². The number of H-pyrrole nitrogens is 1. The molecule has 2 amide bonds. The van der Waals surface area contributed by atoms with Crippen molar-refractivity contribution >= 4 is 40.7 Å². The van der Waals surface area contributed by atoms with Crippen molar-refractivity contribution in [3.05, 3.63) is 124 Å². The molecule has 0 saturated carbocycles. The smallest absolute Gasteiger partial charge is 0.409 e. The second-order valence-electron chi connectivity index (χ2n) is 11.6. The van der Waals surface area contributed by atoms with Gasteiger partial charge in [0.25, 0.3) is 0 Å². The second kappa shape index (κ2) is 17.4. The molecule has 53 heavy (non-hydrogen) atoms. The summed E-state index contributed by atoms with van der Waals surface area (Å²) in [4.78, 5) is 51.9. The van der Waals surface area contributed by atoms with Gasteiger partial charge in [0, 0.05) is 49.3 Å². The third kappa shape index (κ3) is 9.89. The lowest BCUT2D eigenvalue weighted by Crippen LogP contribution is -2.25. The first-order chi connectivity index (χ1) is 25.2. The lowest BCUT2D eigenvalue weighted by Gasteiger charge is -2.15. The van der Waals surface area contributed by atoms with Gasteiger partial charge >= 0.3 is 24.1 Å². The number of methoxy groups -OCH3 is 3. The number of nitrogen functional groups attached to an aromatic ring is 1.